The van der Waals surface area contributed by atoms with Crippen LogP contribution in [0.1, 0.15) is 102 Å². The zero-order valence-electron chi connectivity index (χ0n) is 26.2. The van der Waals surface area contributed by atoms with Gasteiger partial charge in [0.1, 0.15) is 0 Å². The number of carbonyl (C=O) groups is 2. The predicted octanol–water partition coefficient (Wildman–Crippen LogP) is 4.30. The lowest BCUT2D eigenvalue weighted by Crippen LogP contribution is -2.81. The van der Waals surface area contributed by atoms with Crippen molar-refractivity contribution in [1.29, 1.82) is 0 Å². The molecule has 10 rings (SSSR count). The molecule has 0 heterocycles. The van der Waals surface area contributed by atoms with Gasteiger partial charge in [-0.2, -0.15) is 0 Å². The Balaban J connectivity index is 1.23. The average Bonchev–Trinajstić information content (AvgIpc) is 2.84. The molecule has 8 saturated carbocycles. The Hall–Kier alpha value is -2.78. The fraction of sp³-hybridized carbons (Fsp3) is 0.611. The van der Waals surface area contributed by atoms with Crippen LogP contribution in [0, 0.1) is 10.8 Å². The van der Waals surface area contributed by atoms with E-state index in [1.54, 1.807) is 0 Å². The first-order valence-electron chi connectivity index (χ1n) is 16.4. The van der Waals surface area contributed by atoms with E-state index < -0.39 is 0 Å². The highest BCUT2D eigenvalue weighted by molar-refractivity contribution is 5.89. The van der Waals surface area contributed by atoms with Crippen molar-refractivity contribution >= 4 is 23.2 Å². The number of amides is 2. The summed E-state index contributed by atoms with van der Waals surface area (Å²) in [6.45, 7) is 3.08. The molecule has 8 bridgehead atoms. The van der Waals surface area contributed by atoms with Gasteiger partial charge in [0.15, 0.2) is 0 Å². The first-order chi connectivity index (χ1) is 20.5. The van der Waals surface area contributed by atoms with E-state index >= 15 is 0 Å². The minimum atomic E-state index is -0.333. The van der Waals surface area contributed by atoms with Gasteiger partial charge in [-0.15, -0.1) is 0 Å². The van der Waals surface area contributed by atoms with Crippen molar-refractivity contribution in [2.24, 2.45) is 33.8 Å². The van der Waals surface area contributed by atoms with Crippen LogP contribution in [0.25, 0.3) is 0 Å². The molecule has 0 aliphatic heterocycles. The van der Waals surface area contributed by atoms with Crippen molar-refractivity contribution < 1.29 is 9.59 Å². The Morgan fingerprint density at radius 2 is 0.773 bits per heavy atom. The molecule has 2 amide bonds. The van der Waals surface area contributed by atoms with Gasteiger partial charge in [0.25, 0.3) is 0 Å². The van der Waals surface area contributed by atoms with Gasteiger partial charge in [0.2, 0.25) is 11.8 Å². The molecule has 8 heteroatoms. The Labute approximate surface area is 260 Å². The summed E-state index contributed by atoms with van der Waals surface area (Å²) in [5.74, 6) is -0.138. The topological polar surface area (TPSA) is 162 Å². The highest BCUT2D eigenvalue weighted by Gasteiger charge is 2.77. The highest BCUT2D eigenvalue weighted by Crippen LogP contribution is 2.79. The SMILES string of the molecule is CC(=O)Nc1ccc(C23CC4(N)CC(N)(C2)CC(C25CC6(N)CC(N)(CC(c7ccc(NC(C)=O)cc7)(C6)C2)C5)(C4)C3)cc1. The van der Waals surface area contributed by atoms with Crippen LogP contribution in [-0.2, 0) is 20.4 Å². The van der Waals surface area contributed by atoms with Crippen molar-refractivity contribution in [2.75, 3.05) is 10.6 Å². The third kappa shape index (κ3) is 4.10. The number of rotatable bonds is 5. The number of anilines is 2. The maximum atomic E-state index is 11.7. The van der Waals surface area contributed by atoms with Crippen LogP contribution in [-0.4, -0.2) is 34.0 Å². The van der Waals surface area contributed by atoms with Gasteiger partial charge >= 0.3 is 0 Å². The molecule has 234 valence electrons. The summed E-state index contributed by atoms with van der Waals surface area (Å²) < 4.78 is 0. The third-order valence-electron chi connectivity index (χ3n) is 13.0. The molecular weight excluding hydrogens is 548 g/mol. The molecule has 4 atom stereocenters. The second-order valence-corrected chi connectivity index (χ2v) is 17.2. The smallest absolute Gasteiger partial charge is 0.221 e. The zero-order chi connectivity index (χ0) is 31.0. The van der Waals surface area contributed by atoms with E-state index in [1.807, 2.05) is 24.3 Å². The van der Waals surface area contributed by atoms with Crippen LogP contribution < -0.4 is 33.6 Å². The first kappa shape index (κ1) is 28.7. The summed E-state index contributed by atoms with van der Waals surface area (Å²) in [6, 6.07) is 16.9. The molecule has 0 aromatic heterocycles. The van der Waals surface area contributed by atoms with Gasteiger partial charge in [-0.1, -0.05) is 24.3 Å². The van der Waals surface area contributed by atoms with E-state index in [9.17, 15) is 9.59 Å². The molecule has 44 heavy (non-hydrogen) atoms. The maximum absolute atomic E-state index is 11.7. The predicted molar refractivity (Wildman–Crippen MR) is 173 cm³/mol. The number of hydrogen-bond donors (Lipinski definition) is 6. The molecule has 2 aromatic rings. The minimum absolute atomic E-state index is 0.0561. The zero-order valence-corrected chi connectivity index (χ0v) is 26.2. The van der Waals surface area contributed by atoms with E-state index in [0.717, 1.165) is 88.4 Å². The number of nitrogens with two attached hydrogens (primary N) is 4. The molecule has 10 N–H and O–H groups in total. The molecule has 2 aromatic carbocycles. The molecular formula is C36H48N6O2. The summed E-state index contributed by atoms with van der Waals surface area (Å²) in [5.41, 5.74) is 32.4. The van der Waals surface area contributed by atoms with Crippen molar-refractivity contribution in [2.45, 2.75) is 124 Å². The Kier molecular flexibility index (Phi) is 5.55. The van der Waals surface area contributed by atoms with Gasteiger partial charge in [0.05, 0.1) is 0 Å². The molecule has 8 aliphatic rings. The largest absolute Gasteiger partial charge is 0.326 e. The Bertz CT molecular complexity index is 1410. The van der Waals surface area contributed by atoms with E-state index in [-0.39, 0.29) is 55.6 Å². The lowest BCUT2D eigenvalue weighted by atomic mass is 9.27. The lowest BCUT2D eigenvalue weighted by Gasteiger charge is -2.79. The first-order valence-corrected chi connectivity index (χ1v) is 16.4. The summed E-state index contributed by atoms with van der Waals surface area (Å²) in [7, 11) is 0. The van der Waals surface area contributed by atoms with E-state index in [4.69, 9.17) is 22.9 Å². The average molecular weight is 597 g/mol. The van der Waals surface area contributed by atoms with E-state index in [2.05, 4.69) is 34.9 Å². The monoisotopic (exact) mass is 596 g/mol. The van der Waals surface area contributed by atoms with Gasteiger partial charge in [-0.3, -0.25) is 9.59 Å². The number of hydrogen-bond acceptors (Lipinski definition) is 6. The van der Waals surface area contributed by atoms with E-state index in [1.165, 1.54) is 25.0 Å². The number of benzene rings is 2. The Morgan fingerprint density at radius 1 is 0.477 bits per heavy atom. The molecule has 8 nitrogen and oxygen atoms in total. The van der Waals surface area contributed by atoms with Crippen LogP contribution in [0.5, 0.6) is 0 Å². The normalized spacial score (nSPS) is 46.2. The van der Waals surface area contributed by atoms with Crippen LogP contribution in [0.4, 0.5) is 11.4 Å². The minimum Gasteiger partial charge on any atom is -0.326 e. The van der Waals surface area contributed by atoms with Gasteiger partial charge in [-0.05, 0) is 134 Å². The number of nitrogens with one attached hydrogen (secondary N) is 2. The number of carbonyl (C=O) groups excluding carboxylic acids is 2. The maximum Gasteiger partial charge on any atom is 0.221 e. The highest BCUT2D eigenvalue weighted by atomic mass is 16.2. The second-order valence-electron chi connectivity index (χ2n) is 17.2. The van der Waals surface area contributed by atoms with Crippen molar-refractivity contribution in [3.63, 3.8) is 0 Å². The summed E-state index contributed by atoms with van der Waals surface area (Å²) in [5, 5.41) is 5.84. The second kappa shape index (κ2) is 8.52. The standard InChI is InChI=1S/C36H48N6O2/c1-23(43)41-27-7-3-25(4-8-27)29-11-31(17-33(37,13-29)21-34(38,14-29)18-31)32-12-30(26-5-9-28(10-6-26)42-24(2)44)15-35(39,19-32)22-36(40,16-30)20-32/h3-10H,11-22,37-40H2,1-2H3,(H,41,43)(H,42,44). The van der Waals surface area contributed by atoms with Crippen LogP contribution in [0.2, 0.25) is 0 Å². The molecule has 8 fully saturated rings. The van der Waals surface area contributed by atoms with E-state index in [0.29, 0.717) is 0 Å². The molecule has 0 saturated heterocycles. The molecule has 0 radical (unpaired) electrons. The summed E-state index contributed by atoms with van der Waals surface area (Å²) in [6.07, 6.45) is 11.5. The van der Waals surface area contributed by atoms with Crippen LogP contribution in [0.3, 0.4) is 0 Å². The molecule has 8 aliphatic carbocycles. The molecule has 0 spiro atoms. The van der Waals surface area contributed by atoms with Crippen molar-refractivity contribution in [3.05, 3.63) is 59.7 Å². The third-order valence-corrected chi connectivity index (χ3v) is 13.0. The van der Waals surface area contributed by atoms with Gasteiger partial charge in [0, 0.05) is 47.4 Å². The van der Waals surface area contributed by atoms with Gasteiger partial charge in [-0.25, -0.2) is 0 Å². The Morgan fingerprint density at radius 3 is 1.05 bits per heavy atom. The van der Waals surface area contributed by atoms with Gasteiger partial charge < -0.3 is 33.6 Å². The fourth-order valence-corrected chi connectivity index (χ4v) is 13.5. The van der Waals surface area contributed by atoms with Crippen molar-refractivity contribution in [3.8, 4) is 0 Å². The quantitative estimate of drug-likeness (QED) is 0.301. The summed E-state index contributed by atoms with van der Waals surface area (Å²) in [4.78, 5) is 23.4. The fourth-order valence-electron chi connectivity index (χ4n) is 13.5. The summed E-state index contributed by atoms with van der Waals surface area (Å²) >= 11 is 0. The molecule has 4 unspecified atom stereocenters. The van der Waals surface area contributed by atoms with Crippen LogP contribution >= 0.6 is 0 Å². The van der Waals surface area contributed by atoms with Crippen molar-refractivity contribution in [1.82, 2.24) is 0 Å². The van der Waals surface area contributed by atoms with Crippen LogP contribution in [0.15, 0.2) is 48.5 Å². The lowest BCUT2D eigenvalue weighted by molar-refractivity contribution is -0.228.